The SMILES string of the molecule is CC(C)[C@H](N)C(=O)N(C)[C@@H]1CCCN(C(=O)OC(C)(C)C)C1. The summed E-state index contributed by atoms with van der Waals surface area (Å²) < 4.78 is 5.41. The highest BCUT2D eigenvalue weighted by atomic mass is 16.6. The third kappa shape index (κ3) is 5.16. The van der Waals surface area contributed by atoms with Crippen molar-refractivity contribution >= 4 is 12.0 Å². The normalized spacial score (nSPS) is 20.7. The van der Waals surface area contributed by atoms with Crippen LogP contribution in [0, 0.1) is 5.92 Å². The van der Waals surface area contributed by atoms with Gasteiger partial charge in [0.1, 0.15) is 5.60 Å². The standard InChI is InChI=1S/C16H31N3O3/c1-11(2)13(17)14(20)18(6)12-8-7-9-19(10-12)15(21)22-16(3,4)5/h11-13H,7-10,17H2,1-6H3/t12-,13+/m1/s1. The lowest BCUT2D eigenvalue weighted by molar-refractivity contribution is -0.135. The number of nitrogens with two attached hydrogens (primary N) is 1. The van der Waals surface area contributed by atoms with Gasteiger partial charge < -0.3 is 20.3 Å². The average Bonchev–Trinajstić information content (AvgIpc) is 2.43. The van der Waals surface area contributed by atoms with Gasteiger partial charge in [-0.25, -0.2) is 4.79 Å². The van der Waals surface area contributed by atoms with Gasteiger partial charge in [0.25, 0.3) is 0 Å². The lowest BCUT2D eigenvalue weighted by atomic mass is 10.0. The molecule has 6 nitrogen and oxygen atoms in total. The van der Waals surface area contributed by atoms with Crippen molar-refractivity contribution in [1.82, 2.24) is 9.80 Å². The molecule has 0 aliphatic carbocycles. The molecule has 128 valence electrons. The first-order valence-corrected chi connectivity index (χ1v) is 8.03. The molecule has 0 aromatic carbocycles. The largest absolute Gasteiger partial charge is 0.444 e. The maximum atomic E-state index is 12.4. The quantitative estimate of drug-likeness (QED) is 0.862. The molecule has 2 atom stereocenters. The second-order valence-electron chi connectivity index (χ2n) is 7.44. The van der Waals surface area contributed by atoms with Crippen molar-refractivity contribution in [2.45, 2.75) is 65.1 Å². The molecule has 0 radical (unpaired) electrons. The first kappa shape index (κ1) is 18.7. The maximum absolute atomic E-state index is 12.4. The Hall–Kier alpha value is -1.30. The predicted octanol–water partition coefficient (Wildman–Crippen LogP) is 1.83. The molecule has 1 aliphatic rings. The summed E-state index contributed by atoms with van der Waals surface area (Å²) >= 11 is 0. The molecule has 0 aromatic rings. The fourth-order valence-corrected chi connectivity index (χ4v) is 2.46. The summed E-state index contributed by atoms with van der Waals surface area (Å²) in [5.41, 5.74) is 5.44. The number of likely N-dealkylation sites (N-methyl/N-ethyl adjacent to an activating group) is 1. The summed E-state index contributed by atoms with van der Waals surface area (Å²) in [6.07, 6.45) is 1.43. The zero-order valence-electron chi connectivity index (χ0n) is 14.8. The number of ether oxygens (including phenoxy) is 1. The zero-order valence-corrected chi connectivity index (χ0v) is 14.8. The van der Waals surface area contributed by atoms with Crippen LogP contribution in [-0.2, 0) is 9.53 Å². The Morgan fingerprint density at radius 1 is 1.32 bits per heavy atom. The molecule has 0 bridgehead atoms. The molecule has 0 spiro atoms. The van der Waals surface area contributed by atoms with Gasteiger partial charge in [0.05, 0.1) is 6.04 Å². The number of amides is 2. The van der Waals surface area contributed by atoms with E-state index in [1.54, 1.807) is 16.8 Å². The Morgan fingerprint density at radius 3 is 2.41 bits per heavy atom. The molecule has 1 fully saturated rings. The number of nitrogens with zero attached hydrogens (tertiary/aromatic N) is 2. The van der Waals surface area contributed by atoms with E-state index in [1.165, 1.54) is 0 Å². The van der Waals surface area contributed by atoms with Crippen molar-refractivity contribution in [3.05, 3.63) is 0 Å². The van der Waals surface area contributed by atoms with Crippen LogP contribution in [0.2, 0.25) is 0 Å². The number of piperidine rings is 1. The fourth-order valence-electron chi connectivity index (χ4n) is 2.46. The number of rotatable bonds is 3. The number of hydrogen-bond donors (Lipinski definition) is 1. The second kappa shape index (κ2) is 7.31. The second-order valence-corrected chi connectivity index (χ2v) is 7.44. The molecule has 2 N–H and O–H groups in total. The molecular weight excluding hydrogens is 282 g/mol. The van der Waals surface area contributed by atoms with Crippen LogP contribution >= 0.6 is 0 Å². The van der Waals surface area contributed by atoms with Crippen molar-refractivity contribution in [3.63, 3.8) is 0 Å². The number of likely N-dealkylation sites (tertiary alicyclic amines) is 1. The Morgan fingerprint density at radius 2 is 1.91 bits per heavy atom. The first-order valence-electron chi connectivity index (χ1n) is 8.03. The van der Waals surface area contributed by atoms with Crippen molar-refractivity contribution < 1.29 is 14.3 Å². The molecule has 0 unspecified atom stereocenters. The smallest absolute Gasteiger partial charge is 0.410 e. The van der Waals surface area contributed by atoms with E-state index in [0.717, 1.165) is 12.8 Å². The van der Waals surface area contributed by atoms with Crippen LogP contribution in [0.1, 0.15) is 47.5 Å². The Balaban J connectivity index is 2.66. The molecule has 0 saturated carbocycles. The predicted molar refractivity (Wildman–Crippen MR) is 86.4 cm³/mol. The Labute approximate surface area is 134 Å². The van der Waals surface area contributed by atoms with E-state index in [-0.39, 0.29) is 24.0 Å². The molecule has 1 aliphatic heterocycles. The maximum Gasteiger partial charge on any atom is 0.410 e. The van der Waals surface area contributed by atoms with Gasteiger partial charge in [-0.3, -0.25) is 4.79 Å². The highest BCUT2D eigenvalue weighted by Gasteiger charge is 2.32. The lowest BCUT2D eigenvalue weighted by Crippen LogP contribution is -2.55. The van der Waals surface area contributed by atoms with E-state index in [2.05, 4.69) is 0 Å². The van der Waals surface area contributed by atoms with Crippen molar-refractivity contribution in [3.8, 4) is 0 Å². The van der Waals surface area contributed by atoms with Crippen LogP contribution in [0.25, 0.3) is 0 Å². The van der Waals surface area contributed by atoms with Gasteiger partial charge in [-0.2, -0.15) is 0 Å². The van der Waals surface area contributed by atoms with Crippen LogP contribution in [0.4, 0.5) is 4.79 Å². The fraction of sp³-hybridized carbons (Fsp3) is 0.875. The number of hydrogen-bond acceptors (Lipinski definition) is 4. The summed E-state index contributed by atoms with van der Waals surface area (Å²) in [7, 11) is 1.77. The summed E-state index contributed by atoms with van der Waals surface area (Å²) in [6, 6.07) is -0.500. The van der Waals surface area contributed by atoms with E-state index in [1.807, 2.05) is 34.6 Å². The van der Waals surface area contributed by atoms with Gasteiger partial charge in [0.2, 0.25) is 5.91 Å². The summed E-state index contributed by atoms with van der Waals surface area (Å²) in [5, 5.41) is 0. The molecule has 6 heteroatoms. The highest BCUT2D eigenvalue weighted by Crippen LogP contribution is 2.19. The molecule has 1 saturated heterocycles. The minimum Gasteiger partial charge on any atom is -0.444 e. The van der Waals surface area contributed by atoms with Crippen LogP contribution in [0.3, 0.4) is 0 Å². The lowest BCUT2D eigenvalue weighted by Gasteiger charge is -2.39. The molecule has 1 heterocycles. The third-order valence-corrected chi connectivity index (χ3v) is 3.95. The number of carbonyl (C=O) groups excluding carboxylic acids is 2. The molecule has 22 heavy (non-hydrogen) atoms. The Kier molecular flexibility index (Phi) is 6.23. The molecule has 1 rings (SSSR count). The third-order valence-electron chi connectivity index (χ3n) is 3.95. The van der Waals surface area contributed by atoms with E-state index < -0.39 is 11.6 Å². The van der Waals surface area contributed by atoms with Gasteiger partial charge in [0, 0.05) is 26.2 Å². The van der Waals surface area contributed by atoms with Crippen LogP contribution < -0.4 is 5.73 Å². The topological polar surface area (TPSA) is 75.9 Å². The van der Waals surface area contributed by atoms with Gasteiger partial charge in [-0.15, -0.1) is 0 Å². The average molecular weight is 313 g/mol. The summed E-state index contributed by atoms with van der Waals surface area (Å²) in [4.78, 5) is 27.9. The van der Waals surface area contributed by atoms with Crippen LogP contribution in [-0.4, -0.2) is 59.6 Å². The van der Waals surface area contributed by atoms with E-state index in [4.69, 9.17) is 10.5 Å². The van der Waals surface area contributed by atoms with Gasteiger partial charge >= 0.3 is 6.09 Å². The molecule has 0 aromatic heterocycles. The van der Waals surface area contributed by atoms with Crippen molar-refractivity contribution in [2.24, 2.45) is 11.7 Å². The highest BCUT2D eigenvalue weighted by molar-refractivity contribution is 5.82. The summed E-state index contributed by atoms with van der Waals surface area (Å²) in [5.74, 6) is 0.0338. The van der Waals surface area contributed by atoms with E-state index in [0.29, 0.717) is 13.1 Å². The molecule has 2 amide bonds. The van der Waals surface area contributed by atoms with Gasteiger partial charge in [0.15, 0.2) is 0 Å². The van der Waals surface area contributed by atoms with Crippen LogP contribution in [0.15, 0.2) is 0 Å². The van der Waals surface area contributed by atoms with Crippen molar-refractivity contribution in [2.75, 3.05) is 20.1 Å². The van der Waals surface area contributed by atoms with Gasteiger partial charge in [-0.1, -0.05) is 13.8 Å². The van der Waals surface area contributed by atoms with E-state index >= 15 is 0 Å². The van der Waals surface area contributed by atoms with Crippen LogP contribution in [0.5, 0.6) is 0 Å². The van der Waals surface area contributed by atoms with E-state index in [9.17, 15) is 9.59 Å². The van der Waals surface area contributed by atoms with Crippen molar-refractivity contribution in [1.29, 1.82) is 0 Å². The minimum atomic E-state index is -0.508. The molecular formula is C16H31N3O3. The Bertz CT molecular complexity index is 404. The first-order chi connectivity index (χ1) is 10.0. The summed E-state index contributed by atoms with van der Waals surface area (Å²) in [6.45, 7) is 10.6. The minimum absolute atomic E-state index is 0.00133. The van der Waals surface area contributed by atoms with Gasteiger partial charge in [-0.05, 0) is 39.5 Å². The monoisotopic (exact) mass is 313 g/mol. The zero-order chi connectivity index (χ0) is 17.1. The number of carbonyl (C=O) groups is 2.